The predicted molar refractivity (Wildman–Crippen MR) is 113 cm³/mol. The Morgan fingerprint density at radius 1 is 1.34 bits per heavy atom. The van der Waals surface area contributed by atoms with E-state index in [4.69, 9.17) is 4.74 Å². The first-order chi connectivity index (χ1) is 13.7. The topological polar surface area (TPSA) is 104 Å². The molecular formula is C21H25N3O4S. The number of thiophene rings is 1. The Bertz CT molecular complexity index is 986. The number of hydrogen-bond acceptors (Lipinski definition) is 6. The molecule has 0 aliphatic heterocycles. The lowest BCUT2D eigenvalue weighted by atomic mass is 9.93. The number of carbonyl (C=O) groups is 1. The second kappa shape index (κ2) is 8.70. The number of nitrogens with one attached hydrogen (secondary N) is 2. The maximum Gasteiger partial charge on any atom is 0.348 e. The number of aromatic amines is 1. The molecular weight excluding hydrogens is 390 g/mol. The number of carboxylic acid groups (broad SMARTS) is 1. The van der Waals surface area contributed by atoms with Gasteiger partial charge in [0.15, 0.2) is 0 Å². The van der Waals surface area contributed by atoms with Crippen molar-refractivity contribution in [2.45, 2.75) is 58.6 Å². The molecule has 3 rings (SSSR count). The van der Waals surface area contributed by atoms with Gasteiger partial charge in [-0.05, 0) is 52.5 Å². The average Bonchev–Trinajstić information content (AvgIpc) is 3.04. The van der Waals surface area contributed by atoms with Gasteiger partial charge in [-0.15, -0.1) is 11.3 Å². The Morgan fingerprint density at radius 3 is 2.69 bits per heavy atom. The summed E-state index contributed by atoms with van der Waals surface area (Å²) < 4.78 is 5.76. The van der Waals surface area contributed by atoms with Crippen LogP contribution in [0.5, 0.6) is 6.01 Å². The summed E-state index contributed by atoms with van der Waals surface area (Å²) in [5.41, 5.74) is 0.241. The van der Waals surface area contributed by atoms with Crippen LogP contribution in [-0.2, 0) is 0 Å². The van der Waals surface area contributed by atoms with Gasteiger partial charge < -0.3 is 15.2 Å². The monoisotopic (exact) mass is 415 g/mol. The van der Waals surface area contributed by atoms with E-state index in [0.29, 0.717) is 5.69 Å². The lowest BCUT2D eigenvalue weighted by Crippen LogP contribution is -2.32. The first-order valence-electron chi connectivity index (χ1n) is 9.58. The standard InChI is InChI=1S/C21H25N3O4S/c1-21(2,3)10-8-15-12-16(18(29-15)19(26)27)23-13-4-6-14(7-5-13)28-20-22-11-9-17(25)24-20/h9,11-14,23H,4-7H2,1-3H3,(H,26,27)(H,22,24,25)/t13-,14-. The van der Waals surface area contributed by atoms with Crippen LogP contribution >= 0.6 is 11.3 Å². The molecule has 0 atom stereocenters. The van der Waals surface area contributed by atoms with Crippen molar-refractivity contribution in [2.24, 2.45) is 5.41 Å². The predicted octanol–water partition coefficient (Wildman–Crippen LogP) is 3.73. The number of H-pyrrole nitrogens is 1. The van der Waals surface area contributed by atoms with Gasteiger partial charge in [-0.2, -0.15) is 0 Å². The maximum absolute atomic E-state index is 11.6. The van der Waals surface area contributed by atoms with E-state index in [1.165, 1.54) is 23.6 Å². The molecule has 0 spiro atoms. The molecule has 1 aliphatic rings. The van der Waals surface area contributed by atoms with Crippen LogP contribution in [0.4, 0.5) is 5.69 Å². The van der Waals surface area contributed by atoms with E-state index in [1.54, 1.807) is 0 Å². The van der Waals surface area contributed by atoms with Crippen molar-refractivity contribution < 1.29 is 14.6 Å². The minimum absolute atomic E-state index is 0.0202. The molecule has 7 nitrogen and oxygen atoms in total. The quantitative estimate of drug-likeness (QED) is 0.643. The molecule has 2 heterocycles. The molecule has 1 aliphatic carbocycles. The zero-order valence-electron chi connectivity index (χ0n) is 16.7. The molecule has 1 fully saturated rings. The number of aromatic carboxylic acids is 1. The van der Waals surface area contributed by atoms with Gasteiger partial charge >= 0.3 is 5.97 Å². The van der Waals surface area contributed by atoms with Crippen molar-refractivity contribution in [3.63, 3.8) is 0 Å². The molecule has 3 N–H and O–H groups in total. The minimum Gasteiger partial charge on any atom is -0.477 e. The van der Waals surface area contributed by atoms with E-state index in [2.05, 4.69) is 27.1 Å². The Balaban J connectivity index is 1.62. The number of anilines is 1. The fourth-order valence-electron chi connectivity index (χ4n) is 3.08. The Morgan fingerprint density at radius 2 is 2.07 bits per heavy atom. The summed E-state index contributed by atoms with van der Waals surface area (Å²) in [5, 5.41) is 12.9. The summed E-state index contributed by atoms with van der Waals surface area (Å²) >= 11 is 1.20. The van der Waals surface area contributed by atoms with E-state index < -0.39 is 5.97 Å². The number of carboxylic acids is 1. The largest absolute Gasteiger partial charge is 0.477 e. The van der Waals surface area contributed by atoms with Crippen LogP contribution in [0.2, 0.25) is 0 Å². The highest BCUT2D eigenvalue weighted by atomic mass is 32.1. The summed E-state index contributed by atoms with van der Waals surface area (Å²) in [4.78, 5) is 30.6. The van der Waals surface area contributed by atoms with Crippen LogP contribution in [0, 0.1) is 17.3 Å². The number of aromatic nitrogens is 2. The molecule has 2 aromatic rings. The van der Waals surface area contributed by atoms with E-state index in [0.717, 1.165) is 30.6 Å². The zero-order valence-corrected chi connectivity index (χ0v) is 17.6. The van der Waals surface area contributed by atoms with Crippen molar-refractivity contribution in [1.82, 2.24) is 9.97 Å². The van der Waals surface area contributed by atoms with Gasteiger partial charge in [0.05, 0.1) is 10.6 Å². The maximum atomic E-state index is 11.6. The molecule has 154 valence electrons. The summed E-state index contributed by atoms with van der Waals surface area (Å²) in [6.45, 7) is 6.06. The Hall–Kier alpha value is -2.79. The second-order valence-corrected chi connectivity index (χ2v) is 9.19. The second-order valence-electron chi connectivity index (χ2n) is 8.13. The van der Waals surface area contributed by atoms with Gasteiger partial charge in [0.25, 0.3) is 11.6 Å². The van der Waals surface area contributed by atoms with Crippen LogP contribution in [0.3, 0.4) is 0 Å². The van der Waals surface area contributed by atoms with E-state index in [1.807, 2.05) is 26.8 Å². The van der Waals surface area contributed by atoms with Gasteiger partial charge in [-0.25, -0.2) is 9.78 Å². The van der Waals surface area contributed by atoms with Crippen molar-refractivity contribution in [3.05, 3.63) is 38.4 Å². The average molecular weight is 416 g/mol. The molecule has 29 heavy (non-hydrogen) atoms. The normalized spacial score (nSPS) is 19.1. The Labute approximate surface area is 173 Å². The van der Waals surface area contributed by atoms with E-state index in [9.17, 15) is 14.7 Å². The third kappa shape index (κ3) is 6.09. The van der Waals surface area contributed by atoms with Gasteiger partial charge in [0.1, 0.15) is 11.0 Å². The molecule has 0 radical (unpaired) electrons. The molecule has 0 amide bonds. The highest BCUT2D eigenvalue weighted by Gasteiger charge is 2.25. The number of nitrogens with zero attached hydrogens (tertiary/aromatic N) is 1. The third-order valence-electron chi connectivity index (χ3n) is 4.45. The van der Waals surface area contributed by atoms with Crippen molar-refractivity contribution >= 4 is 23.0 Å². The van der Waals surface area contributed by atoms with Gasteiger partial charge in [0, 0.05) is 23.7 Å². The SMILES string of the molecule is CC(C)(C)C#Cc1cc(N[C@H]2CC[C@H](Oc3nccc(=O)[nH]3)CC2)c(C(=O)O)s1. The lowest BCUT2D eigenvalue weighted by Gasteiger charge is -2.29. The van der Waals surface area contributed by atoms with Crippen LogP contribution in [0.1, 0.15) is 61.0 Å². The van der Waals surface area contributed by atoms with Gasteiger partial charge in [0.2, 0.25) is 0 Å². The Kier molecular flexibility index (Phi) is 6.28. The van der Waals surface area contributed by atoms with Crippen molar-refractivity contribution in [1.29, 1.82) is 0 Å². The zero-order chi connectivity index (χ0) is 21.0. The molecule has 0 saturated heterocycles. The highest BCUT2D eigenvalue weighted by molar-refractivity contribution is 7.15. The summed E-state index contributed by atoms with van der Waals surface area (Å²) in [6.07, 6.45) is 4.65. The molecule has 8 heteroatoms. The van der Waals surface area contributed by atoms with E-state index >= 15 is 0 Å². The van der Waals surface area contributed by atoms with Crippen LogP contribution in [-0.4, -0.2) is 33.2 Å². The molecule has 0 aromatic carbocycles. The third-order valence-corrected chi connectivity index (χ3v) is 5.49. The number of ether oxygens (including phenoxy) is 1. The summed E-state index contributed by atoms with van der Waals surface area (Å²) in [5.74, 6) is 5.29. The van der Waals surface area contributed by atoms with Gasteiger partial charge in [-0.3, -0.25) is 9.78 Å². The van der Waals surface area contributed by atoms with Crippen LogP contribution in [0.15, 0.2) is 23.1 Å². The number of hydrogen-bond donors (Lipinski definition) is 3. The fraction of sp³-hybridized carbons (Fsp3) is 0.476. The van der Waals surface area contributed by atoms with E-state index in [-0.39, 0.29) is 34.0 Å². The number of rotatable bonds is 5. The highest BCUT2D eigenvalue weighted by Crippen LogP contribution is 2.31. The minimum atomic E-state index is -0.947. The molecule has 0 unspecified atom stereocenters. The summed E-state index contributed by atoms with van der Waals surface area (Å²) in [6, 6.07) is 3.57. The van der Waals surface area contributed by atoms with Gasteiger partial charge in [-0.1, -0.05) is 11.8 Å². The van der Waals surface area contributed by atoms with Crippen LogP contribution < -0.4 is 15.6 Å². The molecule has 0 bridgehead atoms. The van der Waals surface area contributed by atoms with Crippen LogP contribution in [0.25, 0.3) is 0 Å². The van der Waals surface area contributed by atoms with Crippen molar-refractivity contribution in [3.8, 4) is 17.9 Å². The smallest absolute Gasteiger partial charge is 0.348 e. The summed E-state index contributed by atoms with van der Waals surface area (Å²) in [7, 11) is 0. The molecule has 2 aromatic heterocycles. The van der Waals surface area contributed by atoms with Crippen molar-refractivity contribution in [2.75, 3.05) is 5.32 Å². The first kappa shape index (κ1) is 20.9. The molecule has 1 saturated carbocycles. The lowest BCUT2D eigenvalue weighted by molar-refractivity contribution is 0.0703. The fourth-order valence-corrected chi connectivity index (χ4v) is 3.90. The first-order valence-corrected chi connectivity index (χ1v) is 10.4.